The van der Waals surface area contributed by atoms with E-state index in [1.165, 1.54) is 18.2 Å². The van der Waals surface area contributed by atoms with E-state index < -0.39 is 10.7 Å². The van der Waals surface area contributed by atoms with Crippen LogP contribution >= 0.6 is 0 Å². The first-order valence-electron chi connectivity index (χ1n) is 5.85. The van der Waals surface area contributed by atoms with Gasteiger partial charge in [-0.2, -0.15) is 0 Å². The number of nitrogens with zero attached hydrogens (tertiary/aromatic N) is 2. The summed E-state index contributed by atoms with van der Waals surface area (Å²) in [5, 5.41) is 10.9. The molecule has 6 heteroatoms. The second-order valence-corrected chi connectivity index (χ2v) is 5.05. The maximum absolute atomic E-state index is 13.8. The Morgan fingerprint density at radius 2 is 2.33 bits per heavy atom. The van der Waals surface area contributed by atoms with Crippen molar-refractivity contribution in [3.8, 4) is 0 Å². The molecule has 1 aromatic carbocycles. The fourth-order valence-electron chi connectivity index (χ4n) is 2.35. The van der Waals surface area contributed by atoms with E-state index >= 15 is 0 Å². The van der Waals surface area contributed by atoms with Gasteiger partial charge >= 0.3 is 0 Å². The van der Waals surface area contributed by atoms with Crippen LogP contribution in [0.1, 0.15) is 13.3 Å². The van der Waals surface area contributed by atoms with E-state index in [4.69, 9.17) is 5.73 Å². The fraction of sp³-hybridized carbons (Fsp3) is 0.500. The van der Waals surface area contributed by atoms with Crippen molar-refractivity contribution in [2.75, 3.05) is 24.5 Å². The first kappa shape index (κ1) is 12.8. The van der Waals surface area contributed by atoms with Gasteiger partial charge in [0.1, 0.15) is 0 Å². The summed E-state index contributed by atoms with van der Waals surface area (Å²) in [4.78, 5) is 12.1. The highest BCUT2D eigenvalue weighted by atomic mass is 19.1. The van der Waals surface area contributed by atoms with Gasteiger partial charge in [0, 0.05) is 19.2 Å². The van der Waals surface area contributed by atoms with E-state index in [-0.39, 0.29) is 16.8 Å². The average molecular weight is 253 g/mol. The van der Waals surface area contributed by atoms with E-state index in [1.807, 2.05) is 6.92 Å². The first-order chi connectivity index (χ1) is 8.47. The highest BCUT2D eigenvalue weighted by Gasteiger charge is 2.36. The third-order valence-corrected chi connectivity index (χ3v) is 3.53. The molecule has 1 heterocycles. The van der Waals surface area contributed by atoms with Gasteiger partial charge in [0.25, 0.3) is 5.69 Å². The van der Waals surface area contributed by atoms with E-state index in [0.717, 1.165) is 6.42 Å². The van der Waals surface area contributed by atoms with Crippen LogP contribution in [-0.2, 0) is 0 Å². The van der Waals surface area contributed by atoms with Crippen LogP contribution in [0.15, 0.2) is 18.2 Å². The Bertz CT molecular complexity index is 480. The highest BCUT2D eigenvalue weighted by molar-refractivity contribution is 5.64. The van der Waals surface area contributed by atoms with Crippen LogP contribution in [0, 0.1) is 21.3 Å². The minimum atomic E-state index is -0.550. The van der Waals surface area contributed by atoms with Crippen molar-refractivity contribution in [3.05, 3.63) is 34.1 Å². The first-order valence-corrected chi connectivity index (χ1v) is 5.85. The monoisotopic (exact) mass is 253 g/mol. The van der Waals surface area contributed by atoms with Crippen molar-refractivity contribution in [1.29, 1.82) is 0 Å². The van der Waals surface area contributed by atoms with Crippen LogP contribution < -0.4 is 10.6 Å². The summed E-state index contributed by atoms with van der Waals surface area (Å²) in [6.07, 6.45) is 0.814. The Labute approximate surface area is 105 Å². The zero-order chi connectivity index (χ0) is 13.3. The van der Waals surface area contributed by atoms with E-state index in [0.29, 0.717) is 19.6 Å². The maximum atomic E-state index is 13.8. The standard InChI is InChI=1S/C12H16FN3O2/c1-12(7-14)5-6-15(8-12)11-9(13)3-2-4-10(11)16(17)18/h2-4H,5-8,14H2,1H3. The quantitative estimate of drug-likeness (QED) is 0.659. The molecule has 0 saturated carbocycles. The Kier molecular flexibility index (Phi) is 3.21. The molecule has 1 unspecified atom stereocenters. The van der Waals surface area contributed by atoms with Crippen molar-refractivity contribution >= 4 is 11.4 Å². The number of halogens is 1. The maximum Gasteiger partial charge on any atom is 0.295 e. The molecule has 0 radical (unpaired) electrons. The lowest BCUT2D eigenvalue weighted by atomic mass is 9.90. The summed E-state index contributed by atoms with van der Waals surface area (Å²) >= 11 is 0. The lowest BCUT2D eigenvalue weighted by Crippen LogP contribution is -2.31. The SMILES string of the molecule is CC1(CN)CCN(c2c(F)cccc2[N+](=O)[O-])C1. The molecule has 0 spiro atoms. The van der Waals surface area contributed by atoms with E-state index in [9.17, 15) is 14.5 Å². The summed E-state index contributed by atoms with van der Waals surface area (Å²) in [6.45, 7) is 3.65. The highest BCUT2D eigenvalue weighted by Crippen LogP contribution is 2.38. The lowest BCUT2D eigenvalue weighted by molar-refractivity contribution is -0.384. The molecular weight excluding hydrogens is 237 g/mol. The molecule has 1 saturated heterocycles. The van der Waals surface area contributed by atoms with Gasteiger partial charge in [-0.25, -0.2) is 4.39 Å². The van der Waals surface area contributed by atoms with Crippen molar-refractivity contribution in [3.63, 3.8) is 0 Å². The minimum absolute atomic E-state index is 0.0830. The minimum Gasteiger partial charge on any atom is -0.363 e. The summed E-state index contributed by atoms with van der Waals surface area (Å²) in [7, 11) is 0. The number of anilines is 1. The molecule has 2 N–H and O–H groups in total. The molecular formula is C12H16FN3O2. The van der Waals surface area contributed by atoms with Gasteiger partial charge < -0.3 is 10.6 Å². The van der Waals surface area contributed by atoms with Gasteiger partial charge in [-0.3, -0.25) is 10.1 Å². The number of nitro benzene ring substituents is 1. The lowest BCUT2D eigenvalue weighted by Gasteiger charge is -2.23. The topological polar surface area (TPSA) is 72.4 Å². The van der Waals surface area contributed by atoms with Crippen LogP contribution in [0.25, 0.3) is 0 Å². The van der Waals surface area contributed by atoms with Crippen LogP contribution in [0.3, 0.4) is 0 Å². The third kappa shape index (κ3) is 2.15. The number of rotatable bonds is 3. The van der Waals surface area contributed by atoms with Crippen LogP contribution in [0.4, 0.5) is 15.8 Å². The Balaban J connectivity index is 2.37. The van der Waals surface area contributed by atoms with Crippen molar-refractivity contribution in [2.45, 2.75) is 13.3 Å². The Hall–Kier alpha value is -1.69. The van der Waals surface area contributed by atoms with Crippen LogP contribution in [0.5, 0.6) is 0 Å². The molecule has 1 fully saturated rings. The van der Waals surface area contributed by atoms with Crippen molar-refractivity contribution < 1.29 is 9.31 Å². The van der Waals surface area contributed by atoms with Crippen molar-refractivity contribution in [1.82, 2.24) is 0 Å². The number of nitrogens with two attached hydrogens (primary N) is 1. The van der Waals surface area contributed by atoms with Gasteiger partial charge in [0.2, 0.25) is 0 Å². The molecule has 1 aromatic rings. The third-order valence-electron chi connectivity index (χ3n) is 3.53. The molecule has 0 bridgehead atoms. The Morgan fingerprint density at radius 1 is 1.61 bits per heavy atom. The largest absolute Gasteiger partial charge is 0.363 e. The molecule has 5 nitrogen and oxygen atoms in total. The predicted octanol–water partition coefficient (Wildman–Crippen LogP) is 1.91. The predicted molar refractivity (Wildman–Crippen MR) is 67.0 cm³/mol. The van der Waals surface area contributed by atoms with Crippen molar-refractivity contribution in [2.24, 2.45) is 11.1 Å². The Morgan fingerprint density at radius 3 is 2.89 bits per heavy atom. The zero-order valence-corrected chi connectivity index (χ0v) is 10.2. The second-order valence-electron chi connectivity index (χ2n) is 5.05. The van der Waals surface area contributed by atoms with Gasteiger partial charge in [-0.1, -0.05) is 13.0 Å². The number of para-hydroxylation sites is 1. The summed E-state index contributed by atoms with van der Waals surface area (Å²) in [5.74, 6) is -0.550. The zero-order valence-electron chi connectivity index (χ0n) is 10.2. The molecule has 98 valence electrons. The second kappa shape index (κ2) is 4.53. The summed E-state index contributed by atoms with van der Waals surface area (Å²) < 4.78 is 13.8. The van der Waals surface area contributed by atoms with E-state index in [1.54, 1.807) is 4.90 Å². The number of hydrogen-bond donors (Lipinski definition) is 1. The van der Waals surface area contributed by atoms with Gasteiger partial charge in [0.05, 0.1) is 4.92 Å². The van der Waals surface area contributed by atoms with Gasteiger partial charge in [0.15, 0.2) is 11.5 Å². The van der Waals surface area contributed by atoms with Crippen LogP contribution in [-0.4, -0.2) is 24.6 Å². The molecule has 2 rings (SSSR count). The molecule has 0 aromatic heterocycles. The van der Waals surface area contributed by atoms with Gasteiger partial charge in [-0.05, 0) is 24.4 Å². The van der Waals surface area contributed by atoms with Gasteiger partial charge in [-0.15, -0.1) is 0 Å². The number of hydrogen-bond acceptors (Lipinski definition) is 4. The molecule has 0 amide bonds. The molecule has 0 aliphatic carbocycles. The number of benzene rings is 1. The molecule has 18 heavy (non-hydrogen) atoms. The average Bonchev–Trinajstić information content (AvgIpc) is 2.72. The molecule has 1 aliphatic heterocycles. The molecule has 1 aliphatic rings. The summed E-state index contributed by atoms with van der Waals surface area (Å²) in [6, 6.07) is 3.94. The normalized spacial score (nSPS) is 23.4. The fourth-order valence-corrected chi connectivity index (χ4v) is 2.35. The van der Waals surface area contributed by atoms with Crippen LogP contribution in [0.2, 0.25) is 0 Å². The smallest absolute Gasteiger partial charge is 0.295 e. The molecule has 1 atom stereocenters. The number of nitro groups is 1. The van der Waals surface area contributed by atoms with E-state index in [2.05, 4.69) is 0 Å². The summed E-state index contributed by atoms with van der Waals surface area (Å²) in [5.41, 5.74) is 5.49.